The van der Waals surface area contributed by atoms with Gasteiger partial charge in [-0.25, -0.2) is 4.79 Å². The van der Waals surface area contributed by atoms with Crippen LogP contribution < -0.4 is 0 Å². The minimum absolute atomic E-state index is 0.179. The summed E-state index contributed by atoms with van der Waals surface area (Å²) in [6.07, 6.45) is -0.0275. The molecule has 0 amide bonds. The van der Waals surface area contributed by atoms with Crippen molar-refractivity contribution in [1.82, 2.24) is 0 Å². The molecule has 1 rings (SSSR count). The molecule has 2 atom stereocenters. The van der Waals surface area contributed by atoms with E-state index in [1.807, 2.05) is 13.8 Å². The maximum Gasteiger partial charge on any atom is 0.332 e. The first kappa shape index (κ1) is 10.5. The summed E-state index contributed by atoms with van der Waals surface area (Å²) in [6.45, 7) is 4.35. The molecule has 0 aromatic heterocycles. The second-order valence-corrected chi connectivity index (χ2v) is 4.14. The van der Waals surface area contributed by atoms with Crippen molar-refractivity contribution in [3.63, 3.8) is 0 Å². The zero-order valence-corrected chi connectivity index (χ0v) is 7.99. The summed E-state index contributed by atoms with van der Waals surface area (Å²) < 4.78 is 5.42. The molecule has 4 nitrogen and oxygen atoms in total. The predicted molar refractivity (Wildman–Crippen MR) is 46.4 cm³/mol. The summed E-state index contributed by atoms with van der Waals surface area (Å²) in [6, 6.07) is 0. The first-order chi connectivity index (χ1) is 5.92. The zero-order valence-electron chi connectivity index (χ0n) is 7.99. The minimum Gasteiger partial charge on any atom is -0.479 e. The van der Waals surface area contributed by atoms with E-state index < -0.39 is 12.1 Å². The van der Waals surface area contributed by atoms with Gasteiger partial charge in [-0.3, -0.25) is 0 Å². The lowest BCUT2D eigenvalue weighted by Gasteiger charge is -2.36. The number of hydrogen-bond acceptors (Lipinski definition) is 3. The number of rotatable bonds is 2. The zero-order chi connectivity index (χ0) is 10.1. The fraction of sp³-hybridized carbons (Fsp3) is 0.889. The van der Waals surface area contributed by atoms with Gasteiger partial charge < -0.3 is 14.9 Å². The minimum atomic E-state index is -1.25. The van der Waals surface area contributed by atoms with Crippen molar-refractivity contribution in [2.45, 2.75) is 38.4 Å². The summed E-state index contributed by atoms with van der Waals surface area (Å²) in [4.78, 5) is 10.5. The van der Waals surface area contributed by atoms with Gasteiger partial charge in [-0.1, -0.05) is 0 Å². The van der Waals surface area contributed by atoms with Crippen LogP contribution in [0.25, 0.3) is 0 Å². The number of aliphatic hydroxyl groups is 1. The maximum atomic E-state index is 10.5. The second kappa shape index (κ2) is 3.64. The monoisotopic (exact) mass is 188 g/mol. The number of carboxylic acids is 1. The molecule has 0 radical (unpaired) electrons. The molecular weight excluding hydrogens is 172 g/mol. The van der Waals surface area contributed by atoms with E-state index in [1.54, 1.807) is 0 Å². The first-order valence-electron chi connectivity index (χ1n) is 4.47. The average molecular weight is 188 g/mol. The van der Waals surface area contributed by atoms with Crippen molar-refractivity contribution in [3.8, 4) is 0 Å². The van der Waals surface area contributed by atoms with Crippen LogP contribution in [0.4, 0.5) is 0 Å². The molecule has 1 aliphatic heterocycles. The molecule has 76 valence electrons. The topological polar surface area (TPSA) is 66.8 Å². The van der Waals surface area contributed by atoms with Crippen molar-refractivity contribution >= 4 is 5.97 Å². The SMILES string of the molecule is CC1(C)CC(C(O)C(=O)O)CCO1. The molecule has 4 heteroatoms. The summed E-state index contributed by atoms with van der Waals surface area (Å²) in [5, 5.41) is 17.9. The van der Waals surface area contributed by atoms with Gasteiger partial charge in [0.1, 0.15) is 0 Å². The van der Waals surface area contributed by atoms with Gasteiger partial charge in [0.15, 0.2) is 6.10 Å². The van der Waals surface area contributed by atoms with E-state index in [-0.39, 0.29) is 11.5 Å². The smallest absolute Gasteiger partial charge is 0.332 e. The van der Waals surface area contributed by atoms with Crippen LogP contribution in [0.5, 0.6) is 0 Å². The van der Waals surface area contributed by atoms with E-state index in [2.05, 4.69) is 0 Å². The van der Waals surface area contributed by atoms with Crippen LogP contribution in [0.1, 0.15) is 26.7 Å². The average Bonchev–Trinajstić information content (AvgIpc) is 2.01. The Morgan fingerprint density at radius 3 is 2.69 bits per heavy atom. The molecule has 0 bridgehead atoms. The molecule has 0 saturated carbocycles. The Labute approximate surface area is 77.5 Å². The fourth-order valence-corrected chi connectivity index (χ4v) is 1.75. The molecule has 0 aromatic carbocycles. The van der Waals surface area contributed by atoms with Gasteiger partial charge in [0.05, 0.1) is 5.60 Å². The highest BCUT2D eigenvalue weighted by molar-refractivity contribution is 5.72. The molecule has 0 spiro atoms. The molecule has 0 aliphatic carbocycles. The van der Waals surface area contributed by atoms with Crippen LogP contribution >= 0.6 is 0 Å². The van der Waals surface area contributed by atoms with Gasteiger partial charge in [-0.15, -0.1) is 0 Å². The van der Waals surface area contributed by atoms with Gasteiger partial charge in [0.25, 0.3) is 0 Å². The molecule has 1 aliphatic rings. The van der Waals surface area contributed by atoms with E-state index in [0.717, 1.165) is 0 Å². The van der Waals surface area contributed by atoms with E-state index in [1.165, 1.54) is 0 Å². The third kappa shape index (κ3) is 2.67. The Morgan fingerprint density at radius 1 is 1.62 bits per heavy atom. The van der Waals surface area contributed by atoms with Crippen LogP contribution in [-0.4, -0.2) is 34.5 Å². The molecule has 2 N–H and O–H groups in total. The highest BCUT2D eigenvalue weighted by Gasteiger charge is 2.35. The highest BCUT2D eigenvalue weighted by atomic mass is 16.5. The summed E-state index contributed by atoms with van der Waals surface area (Å²) in [5.74, 6) is -1.32. The van der Waals surface area contributed by atoms with E-state index in [0.29, 0.717) is 19.4 Å². The lowest BCUT2D eigenvalue weighted by Crippen LogP contribution is -2.41. The number of aliphatic hydroxyl groups excluding tert-OH is 1. The Balaban J connectivity index is 2.56. The lowest BCUT2D eigenvalue weighted by molar-refractivity contribution is -0.156. The second-order valence-electron chi connectivity index (χ2n) is 4.14. The van der Waals surface area contributed by atoms with Crippen molar-refractivity contribution < 1.29 is 19.7 Å². The number of ether oxygens (including phenoxy) is 1. The predicted octanol–water partition coefficient (Wildman–Crippen LogP) is 0.637. The van der Waals surface area contributed by atoms with Crippen LogP contribution in [-0.2, 0) is 9.53 Å². The number of aliphatic carboxylic acids is 1. The van der Waals surface area contributed by atoms with Crippen LogP contribution in [0.15, 0.2) is 0 Å². The fourth-order valence-electron chi connectivity index (χ4n) is 1.75. The normalized spacial score (nSPS) is 29.6. The van der Waals surface area contributed by atoms with Crippen LogP contribution in [0, 0.1) is 5.92 Å². The maximum absolute atomic E-state index is 10.5. The Kier molecular flexibility index (Phi) is 2.93. The largest absolute Gasteiger partial charge is 0.479 e. The van der Waals surface area contributed by atoms with Gasteiger partial charge >= 0.3 is 5.97 Å². The first-order valence-corrected chi connectivity index (χ1v) is 4.47. The van der Waals surface area contributed by atoms with Crippen molar-refractivity contribution in [2.75, 3.05) is 6.61 Å². The number of carboxylic acid groups (broad SMARTS) is 1. The van der Waals surface area contributed by atoms with Gasteiger partial charge in [-0.2, -0.15) is 0 Å². The lowest BCUT2D eigenvalue weighted by atomic mass is 9.85. The van der Waals surface area contributed by atoms with Gasteiger partial charge in [0, 0.05) is 12.5 Å². The quantitative estimate of drug-likeness (QED) is 0.667. The molecule has 0 aromatic rings. The van der Waals surface area contributed by atoms with Crippen LogP contribution in [0.2, 0.25) is 0 Å². The van der Waals surface area contributed by atoms with Crippen molar-refractivity contribution in [3.05, 3.63) is 0 Å². The number of carbonyl (C=O) groups is 1. The Morgan fingerprint density at radius 2 is 2.23 bits per heavy atom. The standard InChI is InChI=1S/C9H16O4/c1-9(2)5-6(3-4-13-9)7(10)8(11)12/h6-7,10H,3-5H2,1-2H3,(H,11,12). The van der Waals surface area contributed by atoms with E-state index >= 15 is 0 Å². The summed E-state index contributed by atoms with van der Waals surface area (Å²) in [5.41, 5.74) is -0.306. The van der Waals surface area contributed by atoms with E-state index in [9.17, 15) is 9.90 Å². The summed E-state index contributed by atoms with van der Waals surface area (Å²) >= 11 is 0. The Bertz CT molecular complexity index is 200. The molecule has 1 saturated heterocycles. The molecular formula is C9H16O4. The van der Waals surface area contributed by atoms with Gasteiger partial charge in [-0.05, 0) is 26.7 Å². The number of hydrogen-bond donors (Lipinski definition) is 2. The van der Waals surface area contributed by atoms with Crippen molar-refractivity contribution in [2.24, 2.45) is 5.92 Å². The molecule has 13 heavy (non-hydrogen) atoms. The summed E-state index contributed by atoms with van der Waals surface area (Å²) in [7, 11) is 0. The highest BCUT2D eigenvalue weighted by Crippen LogP contribution is 2.30. The van der Waals surface area contributed by atoms with E-state index in [4.69, 9.17) is 9.84 Å². The Hall–Kier alpha value is -0.610. The molecule has 1 fully saturated rings. The van der Waals surface area contributed by atoms with Gasteiger partial charge in [0.2, 0.25) is 0 Å². The molecule has 1 heterocycles. The third-order valence-electron chi connectivity index (χ3n) is 2.43. The van der Waals surface area contributed by atoms with Crippen molar-refractivity contribution in [1.29, 1.82) is 0 Å². The molecule has 2 unspecified atom stereocenters. The van der Waals surface area contributed by atoms with Crippen LogP contribution in [0.3, 0.4) is 0 Å². The third-order valence-corrected chi connectivity index (χ3v) is 2.43.